The average Bonchev–Trinajstić information content (AvgIpc) is 3.57. The molecule has 2 N–H and O–H groups in total. The number of rotatable bonds is 6. The van der Waals surface area contributed by atoms with Crippen molar-refractivity contribution < 1.29 is 23.4 Å². The van der Waals surface area contributed by atoms with E-state index in [1.807, 2.05) is 0 Å². The predicted octanol–water partition coefficient (Wildman–Crippen LogP) is 5.00. The Morgan fingerprint density at radius 2 is 2.09 bits per heavy atom. The number of aromatic hydroxyl groups is 1. The molecule has 4 atom stereocenters. The minimum absolute atomic E-state index is 0.0464. The molecule has 5 saturated heterocycles. The number of alkyl halides is 1. The lowest BCUT2D eigenvalue weighted by Crippen LogP contribution is -2.43. The van der Waals surface area contributed by atoms with Crippen LogP contribution in [0.3, 0.4) is 0 Å². The Morgan fingerprint density at radius 1 is 1.18 bits per heavy atom. The van der Waals surface area contributed by atoms with E-state index in [0.29, 0.717) is 58.5 Å². The first-order valence-electron chi connectivity index (χ1n) is 15.2. The Bertz CT molecular complexity index is 1790. The van der Waals surface area contributed by atoms with E-state index in [1.165, 1.54) is 29.5 Å². The molecule has 0 amide bonds. The van der Waals surface area contributed by atoms with Crippen molar-refractivity contribution in [1.29, 1.82) is 0 Å². The fraction of sp³-hybridized carbons (Fsp3) is 0.469. The summed E-state index contributed by atoms with van der Waals surface area (Å²) in [5.74, 6) is 3.16. The number of terminal acetylenes is 1. The van der Waals surface area contributed by atoms with Gasteiger partial charge >= 0.3 is 6.01 Å². The Hall–Kier alpha value is -3.79. The quantitative estimate of drug-likeness (QED) is 0.290. The molecule has 12 heteroatoms. The van der Waals surface area contributed by atoms with E-state index >= 15 is 0 Å². The molecule has 5 aliphatic rings. The van der Waals surface area contributed by atoms with E-state index in [9.17, 15) is 13.9 Å². The van der Waals surface area contributed by atoms with Gasteiger partial charge < -0.3 is 24.8 Å². The van der Waals surface area contributed by atoms with Crippen molar-refractivity contribution in [2.75, 3.05) is 44.2 Å². The lowest BCUT2D eigenvalue weighted by molar-refractivity contribution is 0.107. The van der Waals surface area contributed by atoms with E-state index in [2.05, 4.69) is 21.0 Å². The minimum atomic E-state index is -0.851. The number of nitrogens with zero attached hydrogens (tertiary/aromatic N) is 5. The SMILES string of the molecule is C#Cc1c(F)ccc2cc(O)cc(Oc3nc4c(N5CC6CCC(C5)NC6)nc(OC[C@@]56CCCN5CC(F)C6)nc4s3)c12. The highest BCUT2D eigenvalue weighted by Crippen LogP contribution is 2.43. The molecule has 0 spiro atoms. The van der Waals surface area contributed by atoms with E-state index in [4.69, 9.17) is 30.8 Å². The molecule has 7 heterocycles. The van der Waals surface area contributed by atoms with E-state index in [0.717, 1.165) is 51.9 Å². The van der Waals surface area contributed by atoms with Gasteiger partial charge in [0.15, 0.2) is 10.6 Å². The van der Waals surface area contributed by atoms with Crippen molar-refractivity contribution in [2.45, 2.75) is 49.9 Å². The van der Waals surface area contributed by atoms with Gasteiger partial charge in [-0.3, -0.25) is 4.90 Å². The number of phenols is 1. The highest BCUT2D eigenvalue weighted by atomic mass is 32.1. The van der Waals surface area contributed by atoms with Gasteiger partial charge in [-0.05, 0) is 62.2 Å². The average molecular weight is 619 g/mol. The Morgan fingerprint density at radius 3 is 2.93 bits per heavy atom. The Labute approximate surface area is 257 Å². The first-order valence-corrected chi connectivity index (χ1v) is 16.0. The van der Waals surface area contributed by atoms with Crippen LogP contribution < -0.4 is 19.7 Å². The molecule has 228 valence electrons. The third-order valence-corrected chi connectivity index (χ3v) is 10.5. The number of hydrogen-bond donors (Lipinski definition) is 2. The van der Waals surface area contributed by atoms with Gasteiger partial charge in [-0.2, -0.15) is 15.0 Å². The van der Waals surface area contributed by atoms with Crippen LogP contribution in [0.4, 0.5) is 14.6 Å². The monoisotopic (exact) mass is 618 g/mol. The van der Waals surface area contributed by atoms with Gasteiger partial charge in [0.05, 0.1) is 11.1 Å². The van der Waals surface area contributed by atoms with Crippen molar-refractivity contribution in [3.05, 3.63) is 35.6 Å². The van der Waals surface area contributed by atoms with E-state index in [1.54, 1.807) is 6.07 Å². The summed E-state index contributed by atoms with van der Waals surface area (Å²) in [4.78, 5) is 19.5. The zero-order chi connectivity index (χ0) is 30.0. The molecule has 5 aliphatic heterocycles. The first kappa shape index (κ1) is 27.7. The normalized spacial score (nSPS) is 26.7. The third-order valence-electron chi connectivity index (χ3n) is 9.63. The molecule has 0 radical (unpaired) electrons. The van der Waals surface area contributed by atoms with Crippen molar-refractivity contribution in [3.8, 4) is 35.0 Å². The zero-order valence-electron chi connectivity index (χ0n) is 24.1. The number of hydrogen-bond acceptors (Lipinski definition) is 10. The fourth-order valence-electron chi connectivity index (χ4n) is 7.56. The van der Waals surface area contributed by atoms with Crippen LogP contribution >= 0.6 is 11.3 Å². The van der Waals surface area contributed by atoms with Crippen LogP contribution in [0.25, 0.3) is 21.1 Å². The highest BCUT2D eigenvalue weighted by Gasteiger charge is 2.49. The van der Waals surface area contributed by atoms with Crippen LogP contribution in [-0.2, 0) is 0 Å². The van der Waals surface area contributed by atoms with Crippen LogP contribution in [0, 0.1) is 24.1 Å². The van der Waals surface area contributed by atoms with Crippen LogP contribution in [0.5, 0.6) is 22.7 Å². The second kappa shape index (κ2) is 10.7. The third kappa shape index (κ3) is 4.78. The van der Waals surface area contributed by atoms with Crippen molar-refractivity contribution in [2.24, 2.45) is 5.92 Å². The van der Waals surface area contributed by atoms with Crippen molar-refractivity contribution >= 4 is 38.3 Å². The summed E-state index contributed by atoms with van der Waals surface area (Å²) in [5.41, 5.74) is 0.299. The summed E-state index contributed by atoms with van der Waals surface area (Å²) in [7, 11) is 0. The molecule has 2 aromatic carbocycles. The molecule has 9 nitrogen and oxygen atoms in total. The largest absolute Gasteiger partial charge is 0.508 e. The van der Waals surface area contributed by atoms with Gasteiger partial charge in [0.25, 0.3) is 5.19 Å². The lowest BCUT2D eigenvalue weighted by atomic mass is 9.95. The molecule has 44 heavy (non-hydrogen) atoms. The molecule has 4 aromatic rings. The molecular formula is C32H32F2N6O3S. The van der Waals surface area contributed by atoms with Gasteiger partial charge in [-0.1, -0.05) is 23.3 Å². The number of aromatic nitrogens is 3. The Balaban J connectivity index is 1.18. The topological polar surface area (TPSA) is 95.9 Å². The summed E-state index contributed by atoms with van der Waals surface area (Å²) in [6.45, 7) is 4.21. The number of anilines is 1. The number of ether oxygens (including phenoxy) is 2. The number of nitrogens with one attached hydrogen (secondary N) is 1. The van der Waals surface area contributed by atoms with Crippen molar-refractivity contribution in [3.63, 3.8) is 0 Å². The second-order valence-corrected chi connectivity index (χ2v) is 13.4. The lowest BCUT2D eigenvalue weighted by Gasteiger charge is -2.31. The number of thiazole rings is 1. The number of benzene rings is 2. The Kier molecular flexibility index (Phi) is 6.73. The number of piperidine rings is 1. The summed E-state index contributed by atoms with van der Waals surface area (Å²) in [6, 6.07) is 6.31. The number of halogens is 2. The predicted molar refractivity (Wildman–Crippen MR) is 164 cm³/mol. The standard InChI is InChI=1S/C32H32F2N6O3S/c1-2-23-24(34)7-5-19-10-22(41)11-25(26(19)23)43-31-36-27-28(39-14-18-4-6-21(16-39)35-13-18)37-30(38-29(27)44-31)42-17-32-8-3-9-40(32)15-20(33)12-32/h1,5,7,10-11,18,20-21,35,41H,3-4,6,8-9,12-17H2/t18?,20?,21?,32-/m0/s1. The number of fused-ring (bicyclic) bond motifs is 7. The van der Waals surface area contributed by atoms with Crippen LogP contribution in [0.15, 0.2) is 24.3 Å². The van der Waals surface area contributed by atoms with E-state index in [-0.39, 0.29) is 33.8 Å². The molecule has 9 rings (SSSR count). The van der Waals surface area contributed by atoms with Gasteiger partial charge in [-0.25, -0.2) is 8.78 Å². The molecule has 2 bridgehead atoms. The van der Waals surface area contributed by atoms with Gasteiger partial charge in [0.1, 0.15) is 35.6 Å². The van der Waals surface area contributed by atoms with Gasteiger partial charge in [-0.15, -0.1) is 6.42 Å². The van der Waals surface area contributed by atoms with Gasteiger partial charge in [0, 0.05) is 43.5 Å². The molecule has 2 aromatic heterocycles. The first-order chi connectivity index (χ1) is 21.4. The summed E-state index contributed by atoms with van der Waals surface area (Å²) in [6.07, 6.45) is 9.44. The van der Waals surface area contributed by atoms with Crippen LogP contribution in [0.1, 0.15) is 37.7 Å². The smallest absolute Gasteiger partial charge is 0.319 e. The highest BCUT2D eigenvalue weighted by molar-refractivity contribution is 7.19. The van der Waals surface area contributed by atoms with E-state index < -0.39 is 12.0 Å². The summed E-state index contributed by atoms with van der Waals surface area (Å²) in [5, 5.41) is 15.2. The maximum Gasteiger partial charge on any atom is 0.319 e. The molecule has 3 unspecified atom stereocenters. The molecular weight excluding hydrogens is 586 g/mol. The minimum Gasteiger partial charge on any atom is -0.508 e. The van der Waals surface area contributed by atoms with Crippen LogP contribution in [0.2, 0.25) is 0 Å². The maximum absolute atomic E-state index is 14.7. The molecule has 5 fully saturated rings. The summed E-state index contributed by atoms with van der Waals surface area (Å²) < 4.78 is 41.6. The molecule has 0 saturated carbocycles. The maximum atomic E-state index is 14.7. The number of phenolic OH excluding ortho intramolecular Hbond substituents is 1. The summed E-state index contributed by atoms with van der Waals surface area (Å²) >= 11 is 1.21. The fourth-order valence-corrected chi connectivity index (χ4v) is 8.35. The van der Waals surface area contributed by atoms with Crippen molar-refractivity contribution in [1.82, 2.24) is 25.2 Å². The van der Waals surface area contributed by atoms with Gasteiger partial charge in [0.2, 0.25) is 0 Å². The second-order valence-electron chi connectivity index (χ2n) is 12.5. The van der Waals surface area contributed by atoms with Crippen LogP contribution in [-0.4, -0.2) is 82.0 Å². The molecule has 0 aliphatic carbocycles. The zero-order valence-corrected chi connectivity index (χ0v) is 24.9.